The van der Waals surface area contributed by atoms with Crippen LogP contribution in [0.1, 0.15) is 17.5 Å². The molecule has 106 valence electrons. The number of aliphatic hydroxyl groups is 1. The number of likely N-dealkylation sites (tertiary alicyclic amines) is 1. The highest BCUT2D eigenvalue weighted by Crippen LogP contribution is 2.23. The van der Waals surface area contributed by atoms with E-state index in [1.165, 1.54) is 11.1 Å². The van der Waals surface area contributed by atoms with Crippen molar-refractivity contribution < 1.29 is 5.11 Å². The van der Waals surface area contributed by atoms with Crippen molar-refractivity contribution in [1.82, 2.24) is 19.7 Å². The van der Waals surface area contributed by atoms with E-state index in [1.807, 2.05) is 48.6 Å². The van der Waals surface area contributed by atoms with Crippen molar-refractivity contribution in [2.24, 2.45) is 7.05 Å². The molecule has 0 aliphatic carbocycles. The molecule has 20 heavy (non-hydrogen) atoms. The zero-order valence-corrected chi connectivity index (χ0v) is 11.7. The summed E-state index contributed by atoms with van der Waals surface area (Å²) in [6.45, 7) is 1.80. The molecule has 0 radical (unpaired) electrons. The number of hydrogen-bond acceptors (Lipinski definition) is 4. The summed E-state index contributed by atoms with van der Waals surface area (Å²) in [6.07, 6.45) is 8.98. The van der Waals surface area contributed by atoms with Gasteiger partial charge >= 0.3 is 0 Å². The first-order chi connectivity index (χ1) is 9.72. The quantitative estimate of drug-likeness (QED) is 0.902. The van der Waals surface area contributed by atoms with Crippen LogP contribution in [0.4, 0.5) is 0 Å². The van der Waals surface area contributed by atoms with Crippen molar-refractivity contribution in [2.75, 3.05) is 6.54 Å². The Balaban J connectivity index is 1.70. The number of hydrogen-bond donors (Lipinski definition) is 1. The van der Waals surface area contributed by atoms with Gasteiger partial charge in [0.25, 0.3) is 0 Å². The Morgan fingerprint density at radius 3 is 2.80 bits per heavy atom. The van der Waals surface area contributed by atoms with Gasteiger partial charge in [-0.25, -0.2) is 0 Å². The van der Waals surface area contributed by atoms with Crippen LogP contribution in [-0.4, -0.2) is 43.5 Å². The maximum atomic E-state index is 10.2. The van der Waals surface area contributed by atoms with E-state index in [0.717, 1.165) is 25.9 Å². The van der Waals surface area contributed by atoms with Gasteiger partial charge in [0.05, 0.1) is 12.3 Å². The van der Waals surface area contributed by atoms with Gasteiger partial charge in [-0.2, -0.15) is 5.10 Å². The first kappa shape index (κ1) is 13.3. The molecule has 3 rings (SSSR count). The van der Waals surface area contributed by atoms with Crippen LogP contribution < -0.4 is 0 Å². The third-order valence-corrected chi connectivity index (χ3v) is 3.96. The lowest BCUT2D eigenvalue weighted by atomic mass is 10.0. The molecular weight excluding hydrogens is 252 g/mol. The van der Waals surface area contributed by atoms with Gasteiger partial charge in [0.1, 0.15) is 0 Å². The second-order valence-corrected chi connectivity index (χ2v) is 5.48. The van der Waals surface area contributed by atoms with Crippen LogP contribution in [0.15, 0.2) is 36.9 Å². The number of aryl methyl sites for hydroxylation is 1. The fourth-order valence-corrected chi connectivity index (χ4v) is 2.90. The number of aliphatic hydroxyl groups excluding tert-OH is 1. The maximum absolute atomic E-state index is 10.2. The van der Waals surface area contributed by atoms with Crippen LogP contribution in [0.2, 0.25) is 0 Å². The van der Waals surface area contributed by atoms with E-state index < -0.39 is 0 Å². The van der Waals surface area contributed by atoms with Gasteiger partial charge < -0.3 is 5.11 Å². The Bertz CT molecular complexity index is 554. The normalized spacial score (nSPS) is 23.3. The molecule has 0 amide bonds. The highest BCUT2D eigenvalue weighted by atomic mass is 16.3. The number of nitrogens with zero attached hydrogens (tertiary/aromatic N) is 4. The van der Waals surface area contributed by atoms with Crippen LogP contribution in [0.5, 0.6) is 0 Å². The minimum Gasteiger partial charge on any atom is -0.391 e. The van der Waals surface area contributed by atoms with Gasteiger partial charge in [-0.1, -0.05) is 0 Å². The minimum atomic E-state index is -0.253. The van der Waals surface area contributed by atoms with Crippen LogP contribution in [0.3, 0.4) is 0 Å². The van der Waals surface area contributed by atoms with Crippen molar-refractivity contribution in [3.05, 3.63) is 48.0 Å². The Morgan fingerprint density at radius 2 is 2.10 bits per heavy atom. The number of rotatable bonds is 4. The highest BCUT2D eigenvalue weighted by Gasteiger charge is 2.32. The highest BCUT2D eigenvalue weighted by molar-refractivity contribution is 5.12. The van der Waals surface area contributed by atoms with E-state index in [0.29, 0.717) is 0 Å². The lowest BCUT2D eigenvalue weighted by Crippen LogP contribution is -2.36. The third-order valence-electron chi connectivity index (χ3n) is 3.96. The molecule has 1 N–H and O–H groups in total. The molecule has 5 heteroatoms. The summed E-state index contributed by atoms with van der Waals surface area (Å²) in [5, 5.41) is 14.4. The average molecular weight is 272 g/mol. The van der Waals surface area contributed by atoms with Crippen molar-refractivity contribution >= 4 is 0 Å². The zero-order valence-electron chi connectivity index (χ0n) is 11.7. The third kappa shape index (κ3) is 2.89. The van der Waals surface area contributed by atoms with E-state index in [2.05, 4.69) is 15.0 Å². The standard InChI is InChI=1S/C15H20N4O/c1-18-10-13(9-17-18)8-14-15(20)4-7-19(14)11-12-2-5-16-6-3-12/h2-3,5-6,9-10,14-15,20H,4,7-8,11H2,1H3/t14-,15+/m1/s1. The molecule has 0 aromatic carbocycles. The molecule has 0 saturated carbocycles. The fourth-order valence-electron chi connectivity index (χ4n) is 2.90. The Hall–Kier alpha value is -1.72. The Kier molecular flexibility index (Phi) is 3.80. The van der Waals surface area contributed by atoms with Crippen molar-refractivity contribution in [2.45, 2.75) is 31.5 Å². The van der Waals surface area contributed by atoms with Crippen molar-refractivity contribution in [1.29, 1.82) is 0 Å². The lowest BCUT2D eigenvalue weighted by Gasteiger charge is -2.25. The Morgan fingerprint density at radius 1 is 1.30 bits per heavy atom. The predicted octanol–water partition coefficient (Wildman–Crippen LogP) is 0.993. The van der Waals surface area contributed by atoms with Gasteiger partial charge in [0.2, 0.25) is 0 Å². The predicted molar refractivity (Wildman–Crippen MR) is 76.0 cm³/mol. The molecule has 0 spiro atoms. The van der Waals surface area contributed by atoms with Crippen LogP contribution in [-0.2, 0) is 20.0 Å². The molecular formula is C15H20N4O. The van der Waals surface area contributed by atoms with E-state index in [4.69, 9.17) is 0 Å². The van der Waals surface area contributed by atoms with E-state index in [-0.39, 0.29) is 12.1 Å². The smallest absolute Gasteiger partial charge is 0.0711 e. The summed E-state index contributed by atoms with van der Waals surface area (Å²) in [5.74, 6) is 0. The van der Waals surface area contributed by atoms with Crippen LogP contribution in [0, 0.1) is 0 Å². The number of aromatic nitrogens is 3. The van der Waals surface area contributed by atoms with Gasteiger partial charge in [0, 0.05) is 44.8 Å². The summed E-state index contributed by atoms with van der Waals surface area (Å²) in [4.78, 5) is 6.40. The monoisotopic (exact) mass is 272 g/mol. The van der Waals surface area contributed by atoms with Crippen molar-refractivity contribution in [3.8, 4) is 0 Å². The summed E-state index contributed by atoms with van der Waals surface area (Å²) in [6, 6.07) is 4.24. The largest absolute Gasteiger partial charge is 0.391 e. The molecule has 5 nitrogen and oxygen atoms in total. The number of pyridine rings is 1. The fraction of sp³-hybridized carbons (Fsp3) is 0.467. The maximum Gasteiger partial charge on any atom is 0.0711 e. The molecule has 3 heterocycles. The van der Waals surface area contributed by atoms with Gasteiger partial charge in [-0.05, 0) is 36.1 Å². The topological polar surface area (TPSA) is 54.2 Å². The van der Waals surface area contributed by atoms with Crippen LogP contribution >= 0.6 is 0 Å². The SMILES string of the molecule is Cn1cc(C[C@@H]2[C@@H](O)CCN2Cc2ccncc2)cn1. The van der Waals surface area contributed by atoms with Gasteiger partial charge in [-0.15, -0.1) is 0 Å². The molecule has 0 bridgehead atoms. The van der Waals surface area contributed by atoms with Gasteiger partial charge in [0.15, 0.2) is 0 Å². The molecule has 1 saturated heterocycles. The Labute approximate surface area is 118 Å². The molecule has 0 unspecified atom stereocenters. The van der Waals surface area contributed by atoms with Crippen molar-refractivity contribution in [3.63, 3.8) is 0 Å². The second-order valence-electron chi connectivity index (χ2n) is 5.48. The molecule has 2 aromatic rings. The van der Waals surface area contributed by atoms with Gasteiger partial charge in [-0.3, -0.25) is 14.6 Å². The lowest BCUT2D eigenvalue weighted by molar-refractivity contribution is 0.112. The first-order valence-electron chi connectivity index (χ1n) is 7.01. The summed E-state index contributed by atoms with van der Waals surface area (Å²) >= 11 is 0. The summed E-state index contributed by atoms with van der Waals surface area (Å²) < 4.78 is 1.81. The molecule has 1 aliphatic rings. The molecule has 2 aromatic heterocycles. The first-order valence-corrected chi connectivity index (χ1v) is 7.01. The van der Waals surface area contributed by atoms with E-state index in [1.54, 1.807) is 0 Å². The average Bonchev–Trinajstić information content (AvgIpc) is 3.01. The van der Waals surface area contributed by atoms with E-state index in [9.17, 15) is 5.11 Å². The summed E-state index contributed by atoms with van der Waals surface area (Å²) in [5.41, 5.74) is 2.42. The zero-order chi connectivity index (χ0) is 13.9. The summed E-state index contributed by atoms with van der Waals surface area (Å²) in [7, 11) is 1.92. The molecule has 1 aliphatic heterocycles. The minimum absolute atomic E-state index is 0.173. The molecule has 1 fully saturated rings. The van der Waals surface area contributed by atoms with Crippen LogP contribution in [0.25, 0.3) is 0 Å². The second kappa shape index (κ2) is 5.73. The van der Waals surface area contributed by atoms with E-state index >= 15 is 0 Å². The molecule has 2 atom stereocenters.